The Kier molecular flexibility index (Phi) is 4.42. The lowest BCUT2D eigenvalue weighted by atomic mass is 9.98. The van der Waals surface area contributed by atoms with Crippen molar-refractivity contribution < 1.29 is 4.79 Å². The van der Waals surface area contributed by atoms with Crippen LogP contribution in [0.1, 0.15) is 23.8 Å². The first-order valence-electron chi connectivity index (χ1n) is 9.01. The number of rotatable bonds is 4. The van der Waals surface area contributed by atoms with Crippen molar-refractivity contribution in [2.24, 2.45) is 0 Å². The number of anilines is 1. The predicted octanol–water partition coefficient (Wildman–Crippen LogP) is 4.17. The van der Waals surface area contributed by atoms with Crippen LogP contribution in [0.5, 0.6) is 0 Å². The van der Waals surface area contributed by atoms with Gasteiger partial charge in [-0.1, -0.05) is 61.5 Å². The molecular weight excluding hydrogens is 336 g/mol. The SMILES string of the molecule is CCCNC(=O)c1nnc2c(-c3ccc4ccccc4c3)cccc2c1N. The molecule has 0 aliphatic carbocycles. The summed E-state index contributed by atoms with van der Waals surface area (Å²) in [7, 11) is 0. The summed E-state index contributed by atoms with van der Waals surface area (Å²) in [6, 6.07) is 20.3. The van der Waals surface area contributed by atoms with Crippen molar-refractivity contribution >= 4 is 33.3 Å². The Morgan fingerprint density at radius 1 is 1.00 bits per heavy atom. The quantitative estimate of drug-likeness (QED) is 0.575. The van der Waals surface area contributed by atoms with Crippen molar-refractivity contribution in [3.05, 3.63) is 66.4 Å². The van der Waals surface area contributed by atoms with Crippen LogP contribution in [0.2, 0.25) is 0 Å². The van der Waals surface area contributed by atoms with E-state index < -0.39 is 0 Å². The highest BCUT2D eigenvalue weighted by molar-refractivity contribution is 6.07. The summed E-state index contributed by atoms with van der Waals surface area (Å²) in [5.74, 6) is -0.292. The number of amides is 1. The van der Waals surface area contributed by atoms with Crippen LogP contribution >= 0.6 is 0 Å². The lowest BCUT2D eigenvalue weighted by Crippen LogP contribution is -2.26. The minimum absolute atomic E-state index is 0.173. The van der Waals surface area contributed by atoms with Gasteiger partial charge in [0.2, 0.25) is 0 Å². The molecule has 0 fully saturated rings. The fourth-order valence-corrected chi connectivity index (χ4v) is 3.23. The monoisotopic (exact) mass is 356 g/mol. The van der Waals surface area contributed by atoms with Crippen LogP contribution in [0.4, 0.5) is 5.69 Å². The van der Waals surface area contributed by atoms with Gasteiger partial charge < -0.3 is 11.1 Å². The van der Waals surface area contributed by atoms with E-state index in [1.807, 2.05) is 37.3 Å². The number of aromatic nitrogens is 2. The molecule has 0 radical (unpaired) electrons. The van der Waals surface area contributed by atoms with E-state index in [4.69, 9.17) is 5.73 Å². The average Bonchev–Trinajstić information content (AvgIpc) is 2.71. The molecule has 0 unspecified atom stereocenters. The zero-order chi connectivity index (χ0) is 18.8. The van der Waals surface area contributed by atoms with Crippen LogP contribution < -0.4 is 11.1 Å². The molecule has 3 N–H and O–H groups in total. The van der Waals surface area contributed by atoms with Crippen LogP contribution in [0.25, 0.3) is 32.8 Å². The van der Waals surface area contributed by atoms with Crippen LogP contribution in [-0.4, -0.2) is 22.6 Å². The first-order chi connectivity index (χ1) is 13.2. The summed E-state index contributed by atoms with van der Waals surface area (Å²) in [6.07, 6.45) is 0.846. The second-order valence-electron chi connectivity index (χ2n) is 6.48. The molecule has 0 aliphatic rings. The van der Waals surface area contributed by atoms with Crippen molar-refractivity contribution in [2.45, 2.75) is 13.3 Å². The van der Waals surface area contributed by atoms with Gasteiger partial charge in [-0.3, -0.25) is 4.79 Å². The Morgan fingerprint density at radius 3 is 2.63 bits per heavy atom. The molecule has 0 bridgehead atoms. The maximum atomic E-state index is 12.3. The number of carbonyl (C=O) groups is 1. The molecule has 27 heavy (non-hydrogen) atoms. The number of nitrogens with zero attached hydrogens (tertiary/aromatic N) is 2. The third-order valence-corrected chi connectivity index (χ3v) is 4.64. The number of nitrogens with one attached hydrogen (secondary N) is 1. The lowest BCUT2D eigenvalue weighted by Gasteiger charge is -2.11. The minimum atomic E-state index is -0.292. The topological polar surface area (TPSA) is 80.9 Å². The van der Waals surface area contributed by atoms with Gasteiger partial charge in [0.05, 0.1) is 5.69 Å². The Bertz CT molecular complexity index is 1150. The van der Waals surface area contributed by atoms with Gasteiger partial charge >= 0.3 is 0 Å². The third kappa shape index (κ3) is 3.08. The minimum Gasteiger partial charge on any atom is -0.396 e. The van der Waals surface area contributed by atoms with Crippen LogP contribution in [0, 0.1) is 0 Å². The van der Waals surface area contributed by atoms with Crippen molar-refractivity contribution in [1.29, 1.82) is 0 Å². The first-order valence-corrected chi connectivity index (χ1v) is 9.01. The second-order valence-corrected chi connectivity index (χ2v) is 6.48. The van der Waals surface area contributed by atoms with Crippen molar-refractivity contribution in [3.8, 4) is 11.1 Å². The highest BCUT2D eigenvalue weighted by Crippen LogP contribution is 2.32. The maximum absolute atomic E-state index is 12.3. The molecule has 0 saturated carbocycles. The van der Waals surface area contributed by atoms with Crippen LogP contribution in [0.3, 0.4) is 0 Å². The molecule has 1 amide bonds. The van der Waals surface area contributed by atoms with Gasteiger partial charge in [-0.05, 0) is 28.8 Å². The van der Waals surface area contributed by atoms with Crippen LogP contribution in [-0.2, 0) is 0 Å². The standard InChI is InChI=1S/C22H20N4O/c1-2-12-24-22(27)21-19(23)18-9-5-8-17(20(18)25-26-21)16-11-10-14-6-3-4-7-15(14)13-16/h3-11,13H,2,12H2,1H3,(H2,23,25)(H,24,27). The van der Waals surface area contributed by atoms with E-state index in [1.165, 1.54) is 5.39 Å². The largest absolute Gasteiger partial charge is 0.396 e. The Morgan fingerprint density at radius 2 is 1.81 bits per heavy atom. The third-order valence-electron chi connectivity index (χ3n) is 4.64. The van der Waals surface area contributed by atoms with E-state index in [0.29, 0.717) is 17.7 Å². The molecule has 0 spiro atoms. The van der Waals surface area contributed by atoms with E-state index in [2.05, 4.69) is 45.8 Å². The Balaban J connectivity index is 1.84. The maximum Gasteiger partial charge on any atom is 0.273 e. The van der Waals surface area contributed by atoms with E-state index >= 15 is 0 Å². The normalized spacial score (nSPS) is 11.0. The fourth-order valence-electron chi connectivity index (χ4n) is 3.23. The van der Waals surface area contributed by atoms with E-state index in [1.54, 1.807) is 0 Å². The molecule has 1 heterocycles. The number of hydrogen-bond acceptors (Lipinski definition) is 4. The highest BCUT2D eigenvalue weighted by atomic mass is 16.1. The van der Waals surface area contributed by atoms with Gasteiger partial charge in [-0.15, -0.1) is 10.2 Å². The average molecular weight is 356 g/mol. The summed E-state index contributed by atoms with van der Waals surface area (Å²) in [6.45, 7) is 2.57. The number of benzene rings is 3. The zero-order valence-electron chi connectivity index (χ0n) is 15.1. The zero-order valence-corrected chi connectivity index (χ0v) is 15.1. The second kappa shape index (κ2) is 7.03. The Labute approximate surface area is 157 Å². The van der Waals surface area contributed by atoms with E-state index in [0.717, 1.165) is 28.3 Å². The molecule has 0 saturated heterocycles. The smallest absolute Gasteiger partial charge is 0.273 e. The number of hydrogen-bond donors (Lipinski definition) is 2. The highest BCUT2D eigenvalue weighted by Gasteiger charge is 2.17. The number of nitrogen functional groups attached to an aromatic ring is 1. The summed E-state index contributed by atoms with van der Waals surface area (Å²) in [5.41, 5.74) is 9.47. The molecule has 134 valence electrons. The summed E-state index contributed by atoms with van der Waals surface area (Å²) in [4.78, 5) is 12.3. The molecule has 1 aromatic heterocycles. The van der Waals surface area contributed by atoms with Gasteiger partial charge in [-0.25, -0.2) is 0 Å². The molecule has 0 aliphatic heterocycles. The molecule has 0 atom stereocenters. The summed E-state index contributed by atoms with van der Waals surface area (Å²) in [5, 5.41) is 14.3. The summed E-state index contributed by atoms with van der Waals surface area (Å²) >= 11 is 0. The molecule has 4 aromatic rings. The Hall–Kier alpha value is -3.47. The molecular formula is C22H20N4O. The van der Waals surface area contributed by atoms with Gasteiger partial charge in [0.15, 0.2) is 5.69 Å². The van der Waals surface area contributed by atoms with E-state index in [-0.39, 0.29) is 11.6 Å². The number of carbonyl (C=O) groups excluding carboxylic acids is 1. The predicted molar refractivity (Wildman–Crippen MR) is 110 cm³/mol. The van der Waals surface area contributed by atoms with Crippen molar-refractivity contribution in [1.82, 2.24) is 15.5 Å². The van der Waals surface area contributed by atoms with Gasteiger partial charge in [0.1, 0.15) is 5.52 Å². The summed E-state index contributed by atoms with van der Waals surface area (Å²) < 4.78 is 0. The van der Waals surface area contributed by atoms with Gasteiger partial charge in [0, 0.05) is 17.5 Å². The molecule has 3 aromatic carbocycles. The van der Waals surface area contributed by atoms with Gasteiger partial charge in [0.25, 0.3) is 5.91 Å². The van der Waals surface area contributed by atoms with Crippen LogP contribution in [0.15, 0.2) is 60.7 Å². The fraction of sp³-hybridized carbons (Fsp3) is 0.136. The van der Waals surface area contributed by atoms with E-state index in [9.17, 15) is 4.79 Å². The number of nitrogens with two attached hydrogens (primary N) is 1. The van der Waals surface area contributed by atoms with Crippen molar-refractivity contribution in [2.75, 3.05) is 12.3 Å². The lowest BCUT2D eigenvalue weighted by molar-refractivity contribution is 0.0949. The molecule has 4 rings (SSSR count). The first kappa shape index (κ1) is 17.0. The number of fused-ring (bicyclic) bond motifs is 2. The van der Waals surface area contributed by atoms with Gasteiger partial charge in [-0.2, -0.15) is 0 Å². The van der Waals surface area contributed by atoms with Crippen molar-refractivity contribution in [3.63, 3.8) is 0 Å². The molecule has 5 nitrogen and oxygen atoms in total. The molecule has 5 heteroatoms.